The van der Waals surface area contributed by atoms with Crippen molar-refractivity contribution in [3.8, 4) is 0 Å². The minimum absolute atomic E-state index is 0.00759. The maximum absolute atomic E-state index is 12.5. The molecule has 1 amide bonds. The van der Waals surface area contributed by atoms with Crippen LogP contribution in [0.25, 0.3) is 0 Å². The molecule has 9 nitrogen and oxygen atoms in total. The number of fused-ring (bicyclic) bond motifs is 1. The molecule has 0 unspecified atom stereocenters. The van der Waals surface area contributed by atoms with Gasteiger partial charge in [-0.05, 0) is 7.05 Å². The number of hydrogen-bond donors (Lipinski definition) is 1. The molecule has 0 radical (unpaired) electrons. The van der Waals surface area contributed by atoms with Gasteiger partial charge in [0.2, 0.25) is 5.91 Å². The maximum Gasteiger partial charge on any atom is 0.328 e. The van der Waals surface area contributed by atoms with Crippen LogP contribution in [0.4, 0.5) is 0 Å². The summed E-state index contributed by atoms with van der Waals surface area (Å²) in [4.78, 5) is 41.0. The van der Waals surface area contributed by atoms with E-state index in [4.69, 9.17) is 0 Å². The van der Waals surface area contributed by atoms with Crippen molar-refractivity contribution >= 4 is 15.7 Å². The van der Waals surface area contributed by atoms with Gasteiger partial charge in [-0.1, -0.05) is 0 Å². The van der Waals surface area contributed by atoms with E-state index >= 15 is 0 Å². The number of H-pyrrole nitrogens is 1. The quantitative estimate of drug-likeness (QED) is 0.662. The predicted octanol–water partition coefficient (Wildman–Crippen LogP) is -2.13. The molecule has 3 heterocycles. The molecule has 1 N–H and O–H groups in total. The number of nitrogens with one attached hydrogen (secondary N) is 1. The summed E-state index contributed by atoms with van der Waals surface area (Å²) in [7, 11) is -1.26. The maximum atomic E-state index is 12.5. The highest BCUT2D eigenvalue weighted by molar-refractivity contribution is 7.91. The topological polar surface area (TPSA) is 113 Å². The number of carbonyl (C=O) groups excluding carboxylic acids is 1. The highest BCUT2D eigenvalue weighted by Gasteiger charge is 2.46. The Kier molecular flexibility index (Phi) is 4.35. The standard InChI is InChI=1S/C14H20N4O5S/c1-16-6-7-18(11-9-24(22,23)8-10(11)16)13(20)3-5-17-4-2-12(19)15-14(17)21/h2,4,10-11H,3,5-9H2,1H3,(H,15,19,21)/t10-,11+/m1/s1. The summed E-state index contributed by atoms with van der Waals surface area (Å²) in [6, 6.07) is 0.735. The van der Waals surface area contributed by atoms with Crippen molar-refractivity contribution in [1.82, 2.24) is 19.4 Å². The summed E-state index contributed by atoms with van der Waals surface area (Å²) in [5.74, 6) is -0.0998. The first kappa shape index (κ1) is 16.9. The van der Waals surface area contributed by atoms with Crippen LogP contribution in [0.3, 0.4) is 0 Å². The third kappa shape index (κ3) is 3.29. The lowest BCUT2D eigenvalue weighted by atomic mass is 10.1. The highest BCUT2D eigenvalue weighted by atomic mass is 32.2. The van der Waals surface area contributed by atoms with Gasteiger partial charge in [0.1, 0.15) is 0 Å². The Bertz CT molecular complexity index is 858. The Balaban J connectivity index is 1.70. The molecule has 0 aliphatic carbocycles. The van der Waals surface area contributed by atoms with Crippen molar-refractivity contribution in [3.63, 3.8) is 0 Å². The number of sulfone groups is 1. The second kappa shape index (κ2) is 6.17. The molecular formula is C14H20N4O5S. The monoisotopic (exact) mass is 356 g/mol. The van der Waals surface area contributed by atoms with Crippen molar-refractivity contribution in [3.05, 3.63) is 33.1 Å². The number of hydrogen-bond acceptors (Lipinski definition) is 6. The lowest BCUT2D eigenvalue weighted by Gasteiger charge is -2.42. The van der Waals surface area contributed by atoms with Crippen LogP contribution in [0, 0.1) is 0 Å². The van der Waals surface area contributed by atoms with Crippen LogP contribution in [-0.2, 0) is 21.2 Å². The summed E-state index contributed by atoms with van der Waals surface area (Å²) < 4.78 is 25.1. The third-order valence-corrected chi connectivity index (χ3v) is 6.44. The first-order valence-corrected chi connectivity index (χ1v) is 9.59. The number of rotatable bonds is 3. The smallest absolute Gasteiger partial charge is 0.328 e. The zero-order valence-corrected chi connectivity index (χ0v) is 14.2. The van der Waals surface area contributed by atoms with Crippen LogP contribution in [0.5, 0.6) is 0 Å². The van der Waals surface area contributed by atoms with Gasteiger partial charge < -0.3 is 9.47 Å². The summed E-state index contributed by atoms with van der Waals surface area (Å²) in [5.41, 5.74) is -1.05. The lowest BCUT2D eigenvalue weighted by molar-refractivity contribution is -0.136. The molecule has 10 heteroatoms. The second-order valence-electron chi connectivity index (χ2n) is 6.33. The fourth-order valence-corrected chi connectivity index (χ4v) is 5.47. The summed E-state index contributed by atoms with van der Waals surface area (Å²) in [5, 5.41) is 0. The van der Waals surface area contributed by atoms with E-state index in [-0.39, 0.29) is 42.5 Å². The third-order valence-electron chi connectivity index (χ3n) is 4.74. The minimum Gasteiger partial charge on any atom is -0.336 e. The Morgan fingerprint density at radius 2 is 1.96 bits per heavy atom. The largest absolute Gasteiger partial charge is 0.336 e. The number of carbonyl (C=O) groups is 1. The van der Waals surface area contributed by atoms with Gasteiger partial charge in [-0.25, -0.2) is 13.2 Å². The van der Waals surface area contributed by atoms with Crippen LogP contribution in [0.15, 0.2) is 21.9 Å². The molecule has 0 aromatic carbocycles. The molecular weight excluding hydrogens is 336 g/mol. The SMILES string of the molecule is CN1CCN(C(=O)CCn2ccc(=O)[nH]c2=O)[C@H]2CS(=O)(=O)C[C@H]21. The fourth-order valence-electron chi connectivity index (χ4n) is 3.42. The molecule has 2 fully saturated rings. The van der Waals surface area contributed by atoms with Crippen LogP contribution < -0.4 is 11.2 Å². The second-order valence-corrected chi connectivity index (χ2v) is 8.49. The molecule has 1 aromatic heterocycles. The van der Waals surface area contributed by atoms with E-state index in [0.717, 1.165) is 0 Å². The van der Waals surface area contributed by atoms with Crippen molar-refractivity contribution in [2.75, 3.05) is 31.6 Å². The average Bonchev–Trinajstić information content (AvgIpc) is 2.82. The molecule has 0 spiro atoms. The molecule has 3 rings (SSSR count). The first-order valence-electron chi connectivity index (χ1n) is 7.77. The summed E-state index contributed by atoms with van der Waals surface area (Å²) in [6.45, 7) is 1.25. The Morgan fingerprint density at radius 3 is 2.67 bits per heavy atom. The minimum atomic E-state index is -3.14. The molecule has 0 bridgehead atoms. The van der Waals surface area contributed by atoms with Crippen LogP contribution in [-0.4, -0.2) is 77.4 Å². The first-order chi connectivity index (χ1) is 11.3. The number of aromatic nitrogens is 2. The van der Waals surface area contributed by atoms with Crippen molar-refractivity contribution in [2.24, 2.45) is 0 Å². The van der Waals surface area contributed by atoms with Crippen molar-refractivity contribution in [2.45, 2.75) is 25.0 Å². The van der Waals surface area contributed by atoms with Crippen molar-refractivity contribution < 1.29 is 13.2 Å². The van der Waals surface area contributed by atoms with E-state index in [2.05, 4.69) is 4.98 Å². The van der Waals surface area contributed by atoms with E-state index in [1.54, 1.807) is 4.90 Å². The van der Waals surface area contributed by atoms with Gasteiger partial charge in [-0.3, -0.25) is 19.5 Å². The van der Waals surface area contributed by atoms with Gasteiger partial charge in [0.15, 0.2) is 9.84 Å². The molecule has 2 aliphatic rings. The molecule has 132 valence electrons. The van der Waals surface area contributed by atoms with Crippen LogP contribution in [0.1, 0.15) is 6.42 Å². The molecule has 1 aromatic rings. The van der Waals surface area contributed by atoms with E-state index in [1.165, 1.54) is 16.8 Å². The Labute approximate surface area is 138 Å². The molecule has 2 atom stereocenters. The number of piperazine rings is 1. The molecule has 2 saturated heterocycles. The van der Waals surface area contributed by atoms with Gasteiger partial charge in [0.05, 0.1) is 17.5 Å². The van der Waals surface area contributed by atoms with E-state index in [1.807, 2.05) is 11.9 Å². The Hall–Kier alpha value is -1.94. The van der Waals surface area contributed by atoms with Crippen LogP contribution in [0.2, 0.25) is 0 Å². The van der Waals surface area contributed by atoms with Gasteiger partial charge >= 0.3 is 5.69 Å². The number of likely N-dealkylation sites (N-methyl/N-ethyl adjacent to an activating group) is 1. The lowest BCUT2D eigenvalue weighted by Crippen LogP contribution is -2.59. The zero-order chi connectivity index (χ0) is 17.5. The van der Waals surface area contributed by atoms with Gasteiger partial charge in [0, 0.05) is 44.4 Å². The van der Waals surface area contributed by atoms with Gasteiger partial charge in [-0.2, -0.15) is 0 Å². The molecule has 24 heavy (non-hydrogen) atoms. The zero-order valence-electron chi connectivity index (χ0n) is 13.3. The average molecular weight is 356 g/mol. The number of aromatic amines is 1. The number of aryl methyl sites for hydroxylation is 1. The van der Waals surface area contributed by atoms with E-state index in [9.17, 15) is 22.8 Å². The summed E-state index contributed by atoms with van der Waals surface area (Å²) in [6.07, 6.45) is 1.43. The predicted molar refractivity (Wildman–Crippen MR) is 86.5 cm³/mol. The normalized spacial score (nSPS) is 26.3. The van der Waals surface area contributed by atoms with Gasteiger partial charge in [-0.15, -0.1) is 0 Å². The van der Waals surface area contributed by atoms with Crippen molar-refractivity contribution in [1.29, 1.82) is 0 Å². The Morgan fingerprint density at radius 1 is 1.25 bits per heavy atom. The van der Waals surface area contributed by atoms with Crippen LogP contribution >= 0.6 is 0 Å². The fraction of sp³-hybridized carbons (Fsp3) is 0.643. The molecule has 0 saturated carbocycles. The van der Waals surface area contributed by atoms with E-state index < -0.39 is 21.1 Å². The van der Waals surface area contributed by atoms with Gasteiger partial charge in [0.25, 0.3) is 5.56 Å². The van der Waals surface area contributed by atoms with E-state index in [0.29, 0.717) is 13.1 Å². The highest BCUT2D eigenvalue weighted by Crippen LogP contribution is 2.26. The number of amides is 1. The number of nitrogens with zero attached hydrogens (tertiary/aromatic N) is 3. The molecule has 2 aliphatic heterocycles. The summed E-state index contributed by atoms with van der Waals surface area (Å²) >= 11 is 0.